The SMILES string of the molecule is C=C(CCC1CCCCC1)/C1=C/C(c2ccc(C)o2)=C/CC(C)c2cc(C3=CC(C)=C3)c(C3=CC=C[CH]3)cc21.CC.[HH]. The first-order valence-corrected chi connectivity index (χ1v) is 15.9. The summed E-state index contributed by atoms with van der Waals surface area (Å²) in [6.45, 7) is 15.3. The van der Waals surface area contributed by atoms with Crippen LogP contribution in [-0.4, -0.2) is 0 Å². The molecule has 1 unspecified atom stereocenters. The van der Waals surface area contributed by atoms with Crippen LogP contribution in [0.2, 0.25) is 0 Å². The summed E-state index contributed by atoms with van der Waals surface area (Å²) in [4.78, 5) is 0. The zero-order valence-corrected chi connectivity index (χ0v) is 25.9. The van der Waals surface area contributed by atoms with E-state index in [0.29, 0.717) is 5.92 Å². The minimum Gasteiger partial charge on any atom is -0.461 e. The van der Waals surface area contributed by atoms with E-state index in [-0.39, 0.29) is 1.43 Å². The van der Waals surface area contributed by atoms with Crippen molar-refractivity contribution in [3.8, 4) is 0 Å². The van der Waals surface area contributed by atoms with Crippen LogP contribution in [-0.2, 0) is 0 Å². The zero-order valence-electron chi connectivity index (χ0n) is 25.9. The highest BCUT2D eigenvalue weighted by Crippen LogP contribution is 2.44. The van der Waals surface area contributed by atoms with E-state index >= 15 is 0 Å². The molecule has 1 radical (unpaired) electrons. The molecule has 0 bridgehead atoms. The summed E-state index contributed by atoms with van der Waals surface area (Å²) < 4.78 is 6.13. The van der Waals surface area contributed by atoms with Gasteiger partial charge in [0.05, 0.1) is 0 Å². The van der Waals surface area contributed by atoms with Crippen LogP contribution < -0.4 is 0 Å². The van der Waals surface area contributed by atoms with Crippen LogP contribution in [0.4, 0.5) is 0 Å². The largest absolute Gasteiger partial charge is 0.461 e. The number of rotatable bonds is 7. The highest BCUT2D eigenvalue weighted by atomic mass is 16.3. The molecule has 1 atom stereocenters. The molecule has 1 nitrogen and oxygen atoms in total. The Morgan fingerprint density at radius 1 is 0.902 bits per heavy atom. The molecule has 1 heteroatoms. The fraction of sp³-hybridized carbons (Fsp3) is 0.375. The van der Waals surface area contributed by atoms with Gasteiger partial charge in [-0.3, -0.25) is 0 Å². The zero-order chi connectivity index (χ0) is 28.9. The van der Waals surface area contributed by atoms with Crippen molar-refractivity contribution in [2.75, 3.05) is 0 Å². The molecule has 0 spiro atoms. The summed E-state index contributed by atoms with van der Waals surface area (Å²) in [5.41, 5.74) is 13.1. The molecule has 1 aromatic carbocycles. The monoisotopic (exact) mass is 545 g/mol. The molecule has 0 aliphatic heterocycles. The summed E-state index contributed by atoms with van der Waals surface area (Å²) in [6, 6.07) is 9.13. The van der Waals surface area contributed by atoms with E-state index < -0.39 is 0 Å². The van der Waals surface area contributed by atoms with Gasteiger partial charge in [0.25, 0.3) is 0 Å². The minimum atomic E-state index is 0. The van der Waals surface area contributed by atoms with Crippen molar-refractivity contribution < 1.29 is 5.84 Å². The van der Waals surface area contributed by atoms with Gasteiger partial charge in [0.15, 0.2) is 0 Å². The van der Waals surface area contributed by atoms with Crippen molar-refractivity contribution in [2.24, 2.45) is 5.92 Å². The lowest BCUT2D eigenvalue weighted by atomic mass is 9.77. The highest BCUT2D eigenvalue weighted by Gasteiger charge is 2.25. The van der Waals surface area contributed by atoms with Crippen molar-refractivity contribution >= 4 is 22.3 Å². The molecule has 2 aromatic rings. The molecule has 6 rings (SSSR count). The Bertz CT molecular complexity index is 1480. The van der Waals surface area contributed by atoms with Crippen molar-refractivity contribution in [2.45, 2.75) is 91.9 Å². The second-order valence-electron chi connectivity index (χ2n) is 12.1. The first-order chi connectivity index (χ1) is 20.0. The average molecular weight is 546 g/mol. The van der Waals surface area contributed by atoms with Gasteiger partial charge in [0.1, 0.15) is 11.5 Å². The van der Waals surface area contributed by atoms with Crippen LogP contribution in [0.15, 0.2) is 88.9 Å². The summed E-state index contributed by atoms with van der Waals surface area (Å²) in [7, 11) is 0. The van der Waals surface area contributed by atoms with E-state index in [9.17, 15) is 0 Å². The maximum Gasteiger partial charge on any atom is 0.133 e. The van der Waals surface area contributed by atoms with Crippen LogP contribution in [0.25, 0.3) is 22.3 Å². The van der Waals surface area contributed by atoms with E-state index in [1.807, 2.05) is 20.8 Å². The molecule has 0 amide bonds. The number of fused-ring (bicyclic) bond motifs is 1. The maximum atomic E-state index is 6.13. The topological polar surface area (TPSA) is 13.1 Å². The average Bonchev–Trinajstić information content (AvgIpc) is 3.67. The van der Waals surface area contributed by atoms with Crippen LogP contribution in [0.5, 0.6) is 0 Å². The molecule has 1 saturated carbocycles. The van der Waals surface area contributed by atoms with Gasteiger partial charge in [-0.25, -0.2) is 0 Å². The number of allylic oxidation sites excluding steroid dienone is 13. The smallest absolute Gasteiger partial charge is 0.133 e. The standard InChI is InChI=1S/C38H41O.C2H6.H2/c1-25-20-32(21-25)36-23-34-27(3)15-18-31(38-19-16-28(4)39-38)22-33(26(2)14-17-29-10-6-5-7-11-29)37(34)24-35(36)30-12-8-9-13-30;1-2;/h8-9,12-13,16,18-24,27,29H,2,5-7,10-11,14-15,17H2,1,3-4H3;1-2H3;1H/b31-18-,33-22-;;. The number of furan rings is 1. The third-order valence-corrected chi connectivity index (χ3v) is 9.04. The second kappa shape index (κ2) is 13.1. The highest BCUT2D eigenvalue weighted by molar-refractivity contribution is 5.96. The number of aryl methyl sites for hydroxylation is 1. The van der Waals surface area contributed by atoms with Gasteiger partial charge in [-0.05, 0) is 125 Å². The minimum absolute atomic E-state index is 0. The Morgan fingerprint density at radius 2 is 1.66 bits per heavy atom. The number of hydrogen-bond donors (Lipinski definition) is 0. The first kappa shape index (κ1) is 29.2. The Morgan fingerprint density at radius 3 is 2.32 bits per heavy atom. The van der Waals surface area contributed by atoms with Gasteiger partial charge >= 0.3 is 0 Å². The summed E-state index contributed by atoms with van der Waals surface area (Å²) >= 11 is 0. The van der Waals surface area contributed by atoms with Gasteiger partial charge in [0, 0.05) is 13.4 Å². The van der Waals surface area contributed by atoms with Crippen LogP contribution in [0, 0.1) is 19.3 Å². The van der Waals surface area contributed by atoms with Crippen molar-refractivity contribution in [3.05, 3.63) is 125 Å². The molecule has 0 N–H and O–H groups in total. The second-order valence-corrected chi connectivity index (χ2v) is 12.1. The van der Waals surface area contributed by atoms with Gasteiger partial charge in [-0.15, -0.1) is 0 Å². The summed E-state index contributed by atoms with van der Waals surface area (Å²) in [5, 5.41) is 0. The fourth-order valence-electron chi connectivity index (χ4n) is 6.69. The lowest BCUT2D eigenvalue weighted by Crippen LogP contribution is -2.09. The predicted octanol–water partition coefficient (Wildman–Crippen LogP) is 12.3. The molecular formula is C40H49O. The van der Waals surface area contributed by atoms with Crippen molar-refractivity contribution in [1.29, 1.82) is 0 Å². The fourth-order valence-corrected chi connectivity index (χ4v) is 6.69. The van der Waals surface area contributed by atoms with Crippen LogP contribution >= 0.6 is 0 Å². The molecule has 1 fully saturated rings. The summed E-state index contributed by atoms with van der Waals surface area (Å²) in [5.74, 6) is 3.13. The molecule has 1 heterocycles. The van der Waals surface area contributed by atoms with E-state index in [0.717, 1.165) is 30.3 Å². The molecule has 1 aromatic heterocycles. The Labute approximate surface area is 250 Å². The Hall–Kier alpha value is -3.32. The maximum absolute atomic E-state index is 6.13. The Balaban J connectivity index is 0.00000132. The molecule has 41 heavy (non-hydrogen) atoms. The molecule has 215 valence electrons. The van der Waals surface area contributed by atoms with E-state index in [4.69, 9.17) is 11.0 Å². The third kappa shape index (κ3) is 6.45. The van der Waals surface area contributed by atoms with E-state index in [1.54, 1.807) is 0 Å². The number of hydrogen-bond acceptors (Lipinski definition) is 1. The number of benzene rings is 1. The van der Waals surface area contributed by atoms with Gasteiger partial charge < -0.3 is 4.42 Å². The van der Waals surface area contributed by atoms with E-state index in [1.165, 1.54) is 94.2 Å². The molecule has 4 aliphatic carbocycles. The van der Waals surface area contributed by atoms with Gasteiger partial charge in [0.2, 0.25) is 0 Å². The third-order valence-electron chi connectivity index (χ3n) is 9.04. The van der Waals surface area contributed by atoms with Crippen molar-refractivity contribution in [3.63, 3.8) is 0 Å². The quantitative estimate of drug-likeness (QED) is 0.337. The van der Waals surface area contributed by atoms with Gasteiger partial charge in [-0.2, -0.15) is 0 Å². The first-order valence-electron chi connectivity index (χ1n) is 15.9. The lowest BCUT2D eigenvalue weighted by Gasteiger charge is -2.27. The predicted molar refractivity (Wildman–Crippen MR) is 180 cm³/mol. The van der Waals surface area contributed by atoms with Crippen molar-refractivity contribution in [1.82, 2.24) is 0 Å². The van der Waals surface area contributed by atoms with Gasteiger partial charge in [-0.1, -0.05) is 95.9 Å². The molecular weight excluding hydrogens is 496 g/mol. The normalized spacial score (nSPS) is 22.8. The Kier molecular flexibility index (Phi) is 9.33. The van der Waals surface area contributed by atoms with Crippen LogP contribution in [0.1, 0.15) is 120 Å². The molecule has 4 aliphatic rings. The summed E-state index contributed by atoms with van der Waals surface area (Å²) in [6.07, 6.45) is 28.4. The van der Waals surface area contributed by atoms with Crippen LogP contribution in [0.3, 0.4) is 0 Å². The lowest BCUT2D eigenvalue weighted by molar-refractivity contribution is 0.340. The molecule has 0 saturated heterocycles. The van der Waals surface area contributed by atoms with E-state index in [2.05, 4.69) is 87.1 Å².